The lowest BCUT2D eigenvalue weighted by Crippen LogP contribution is -2.28. The minimum atomic E-state index is -0.331. The van der Waals surface area contributed by atoms with E-state index in [2.05, 4.69) is 15.6 Å². The Morgan fingerprint density at radius 3 is 2.64 bits per heavy atom. The fourth-order valence-corrected chi connectivity index (χ4v) is 2.16. The Bertz CT molecular complexity index is 797. The summed E-state index contributed by atoms with van der Waals surface area (Å²) < 4.78 is 12.8. The molecular formula is C17H14FN3O. The van der Waals surface area contributed by atoms with E-state index in [1.807, 2.05) is 24.3 Å². The molecule has 3 aromatic rings. The zero-order chi connectivity index (χ0) is 15.4. The summed E-state index contributed by atoms with van der Waals surface area (Å²) in [5.74, 6) is -0.296. The Balaban J connectivity index is 1.67. The van der Waals surface area contributed by atoms with Gasteiger partial charge in [0, 0.05) is 18.1 Å². The molecular weight excluding hydrogens is 281 g/mol. The van der Waals surface area contributed by atoms with Crippen LogP contribution >= 0.6 is 0 Å². The van der Waals surface area contributed by atoms with Crippen molar-refractivity contribution >= 4 is 22.6 Å². The number of benzene rings is 2. The standard InChI is InChI=1S/C17H14FN3O/c18-14-8-6-12(7-9-14)11-20-17(22)21-15-5-1-3-13-4-2-10-19-16(13)15/h1-10H,11H2,(H2,20,21,22). The minimum absolute atomic E-state index is 0.296. The molecule has 0 unspecified atom stereocenters. The van der Waals surface area contributed by atoms with Gasteiger partial charge in [0.05, 0.1) is 11.2 Å². The minimum Gasteiger partial charge on any atom is -0.334 e. The van der Waals surface area contributed by atoms with Crippen LogP contribution in [0.3, 0.4) is 0 Å². The number of pyridine rings is 1. The van der Waals surface area contributed by atoms with Crippen LogP contribution in [-0.4, -0.2) is 11.0 Å². The van der Waals surface area contributed by atoms with Gasteiger partial charge >= 0.3 is 6.03 Å². The van der Waals surface area contributed by atoms with Crippen LogP contribution in [0.5, 0.6) is 0 Å². The van der Waals surface area contributed by atoms with Crippen LogP contribution in [0, 0.1) is 5.82 Å². The van der Waals surface area contributed by atoms with E-state index in [0.29, 0.717) is 12.2 Å². The number of nitrogens with one attached hydrogen (secondary N) is 2. The summed E-state index contributed by atoms with van der Waals surface area (Å²) in [4.78, 5) is 16.3. The molecule has 0 aliphatic carbocycles. The Morgan fingerprint density at radius 2 is 1.82 bits per heavy atom. The Labute approximate surface area is 127 Å². The molecule has 2 N–H and O–H groups in total. The Kier molecular flexibility index (Phi) is 3.96. The molecule has 3 rings (SSSR count). The first-order chi connectivity index (χ1) is 10.7. The van der Waals surface area contributed by atoms with E-state index in [9.17, 15) is 9.18 Å². The number of carbonyl (C=O) groups is 1. The van der Waals surface area contributed by atoms with Gasteiger partial charge in [-0.1, -0.05) is 30.3 Å². The zero-order valence-corrected chi connectivity index (χ0v) is 11.7. The monoisotopic (exact) mass is 295 g/mol. The van der Waals surface area contributed by atoms with Crippen molar-refractivity contribution in [3.05, 3.63) is 72.2 Å². The van der Waals surface area contributed by atoms with Gasteiger partial charge in [-0.05, 0) is 29.8 Å². The zero-order valence-electron chi connectivity index (χ0n) is 11.7. The van der Waals surface area contributed by atoms with Gasteiger partial charge in [0.15, 0.2) is 0 Å². The highest BCUT2D eigenvalue weighted by atomic mass is 19.1. The lowest BCUT2D eigenvalue weighted by Gasteiger charge is -2.09. The molecule has 4 nitrogen and oxygen atoms in total. The maximum atomic E-state index is 12.8. The number of hydrogen-bond donors (Lipinski definition) is 2. The van der Waals surface area contributed by atoms with Gasteiger partial charge in [-0.2, -0.15) is 0 Å². The van der Waals surface area contributed by atoms with E-state index < -0.39 is 0 Å². The first-order valence-electron chi connectivity index (χ1n) is 6.85. The van der Waals surface area contributed by atoms with Gasteiger partial charge < -0.3 is 10.6 Å². The highest BCUT2D eigenvalue weighted by molar-refractivity contribution is 5.99. The third-order valence-electron chi connectivity index (χ3n) is 3.25. The molecule has 2 amide bonds. The van der Waals surface area contributed by atoms with Crippen molar-refractivity contribution < 1.29 is 9.18 Å². The number of halogens is 1. The largest absolute Gasteiger partial charge is 0.334 e. The molecule has 0 saturated carbocycles. The summed E-state index contributed by atoms with van der Waals surface area (Å²) >= 11 is 0. The summed E-state index contributed by atoms with van der Waals surface area (Å²) in [6.45, 7) is 0.324. The van der Waals surface area contributed by atoms with E-state index >= 15 is 0 Å². The van der Waals surface area contributed by atoms with Crippen molar-refractivity contribution in [3.8, 4) is 0 Å². The molecule has 1 aromatic heterocycles. The number of urea groups is 1. The number of nitrogens with zero attached hydrogens (tertiary/aromatic N) is 1. The molecule has 5 heteroatoms. The normalized spacial score (nSPS) is 10.4. The van der Waals surface area contributed by atoms with E-state index in [4.69, 9.17) is 0 Å². The molecule has 0 radical (unpaired) electrons. The molecule has 0 spiro atoms. The van der Waals surface area contributed by atoms with Crippen LogP contribution < -0.4 is 10.6 Å². The molecule has 0 aliphatic heterocycles. The van der Waals surface area contributed by atoms with Crippen LogP contribution in [0.2, 0.25) is 0 Å². The van der Waals surface area contributed by atoms with Gasteiger partial charge in [0.2, 0.25) is 0 Å². The predicted octanol–water partition coefficient (Wildman–Crippen LogP) is 3.70. The first-order valence-corrected chi connectivity index (χ1v) is 6.85. The maximum Gasteiger partial charge on any atom is 0.319 e. The van der Waals surface area contributed by atoms with Crippen LogP contribution in [0.1, 0.15) is 5.56 Å². The lowest BCUT2D eigenvalue weighted by atomic mass is 10.2. The van der Waals surface area contributed by atoms with Crippen molar-refractivity contribution in [2.45, 2.75) is 6.54 Å². The number of rotatable bonds is 3. The molecule has 110 valence electrons. The van der Waals surface area contributed by atoms with E-state index in [1.54, 1.807) is 24.4 Å². The van der Waals surface area contributed by atoms with Crippen LogP contribution in [0.4, 0.5) is 14.9 Å². The first kappa shape index (κ1) is 14.0. The average molecular weight is 295 g/mol. The van der Waals surface area contributed by atoms with Gasteiger partial charge in [0.25, 0.3) is 0 Å². The lowest BCUT2D eigenvalue weighted by molar-refractivity contribution is 0.252. The van der Waals surface area contributed by atoms with E-state index in [-0.39, 0.29) is 11.8 Å². The number of fused-ring (bicyclic) bond motifs is 1. The van der Waals surface area contributed by atoms with Crippen molar-refractivity contribution in [1.82, 2.24) is 10.3 Å². The number of carbonyl (C=O) groups excluding carboxylic acids is 1. The fourth-order valence-electron chi connectivity index (χ4n) is 2.16. The van der Waals surface area contributed by atoms with Crippen LogP contribution in [-0.2, 0) is 6.54 Å². The van der Waals surface area contributed by atoms with E-state index in [1.165, 1.54) is 12.1 Å². The Morgan fingerprint density at radius 1 is 1.05 bits per heavy atom. The molecule has 0 bridgehead atoms. The average Bonchev–Trinajstić information content (AvgIpc) is 2.55. The van der Waals surface area contributed by atoms with Crippen molar-refractivity contribution in [2.24, 2.45) is 0 Å². The number of para-hydroxylation sites is 1. The Hall–Kier alpha value is -2.95. The topological polar surface area (TPSA) is 54.0 Å². The maximum absolute atomic E-state index is 12.8. The summed E-state index contributed by atoms with van der Waals surface area (Å²) in [5.41, 5.74) is 2.21. The summed E-state index contributed by atoms with van der Waals surface area (Å²) in [6.07, 6.45) is 1.68. The summed E-state index contributed by atoms with van der Waals surface area (Å²) in [7, 11) is 0. The number of anilines is 1. The molecule has 1 heterocycles. The van der Waals surface area contributed by atoms with Gasteiger partial charge in [-0.15, -0.1) is 0 Å². The molecule has 0 saturated heterocycles. The number of amides is 2. The number of hydrogen-bond acceptors (Lipinski definition) is 2. The molecule has 0 fully saturated rings. The second kappa shape index (κ2) is 6.22. The molecule has 22 heavy (non-hydrogen) atoms. The van der Waals surface area contributed by atoms with Crippen molar-refractivity contribution in [2.75, 3.05) is 5.32 Å². The van der Waals surface area contributed by atoms with E-state index in [0.717, 1.165) is 16.5 Å². The summed E-state index contributed by atoms with van der Waals surface area (Å²) in [5, 5.41) is 6.47. The second-order valence-electron chi connectivity index (χ2n) is 4.81. The van der Waals surface area contributed by atoms with Crippen LogP contribution in [0.25, 0.3) is 10.9 Å². The van der Waals surface area contributed by atoms with Gasteiger partial charge in [0.1, 0.15) is 5.82 Å². The van der Waals surface area contributed by atoms with Gasteiger partial charge in [-0.3, -0.25) is 4.98 Å². The van der Waals surface area contributed by atoms with Crippen LogP contribution in [0.15, 0.2) is 60.8 Å². The fraction of sp³-hybridized carbons (Fsp3) is 0.0588. The van der Waals surface area contributed by atoms with Crippen molar-refractivity contribution in [3.63, 3.8) is 0 Å². The quantitative estimate of drug-likeness (QED) is 0.774. The van der Waals surface area contributed by atoms with Crippen molar-refractivity contribution in [1.29, 1.82) is 0 Å². The molecule has 0 aliphatic rings. The second-order valence-corrected chi connectivity index (χ2v) is 4.81. The smallest absolute Gasteiger partial charge is 0.319 e. The number of aromatic nitrogens is 1. The van der Waals surface area contributed by atoms with Gasteiger partial charge in [-0.25, -0.2) is 9.18 Å². The SMILES string of the molecule is O=C(NCc1ccc(F)cc1)Nc1cccc2cccnc12. The molecule has 0 atom stereocenters. The third kappa shape index (κ3) is 3.20. The third-order valence-corrected chi connectivity index (χ3v) is 3.25. The predicted molar refractivity (Wildman–Crippen MR) is 84.0 cm³/mol. The highest BCUT2D eigenvalue weighted by Crippen LogP contribution is 2.20. The highest BCUT2D eigenvalue weighted by Gasteiger charge is 2.06. The summed E-state index contributed by atoms with van der Waals surface area (Å²) in [6, 6.07) is 15.0. The molecule has 2 aromatic carbocycles.